The lowest BCUT2D eigenvalue weighted by molar-refractivity contribution is 0.0933. The van der Waals surface area contributed by atoms with E-state index in [0.717, 1.165) is 15.8 Å². The second-order valence-electron chi connectivity index (χ2n) is 4.29. The van der Waals surface area contributed by atoms with Crippen molar-refractivity contribution < 1.29 is 9.53 Å². The van der Waals surface area contributed by atoms with E-state index < -0.39 is 0 Å². The zero-order valence-corrected chi connectivity index (χ0v) is 13.8. The molecule has 0 aliphatic heterocycles. The van der Waals surface area contributed by atoms with Crippen molar-refractivity contribution >= 4 is 33.2 Å². The first kappa shape index (κ1) is 15.1. The number of hydrogen-bond donors (Lipinski definition) is 1. The number of carbonyl (C=O) groups is 1. The van der Waals surface area contributed by atoms with Crippen molar-refractivity contribution in [1.29, 1.82) is 0 Å². The Morgan fingerprint density at radius 3 is 2.85 bits per heavy atom. The van der Waals surface area contributed by atoms with Crippen LogP contribution in [-0.4, -0.2) is 13.0 Å². The van der Waals surface area contributed by atoms with Crippen LogP contribution >= 0.6 is 27.3 Å². The molecule has 0 radical (unpaired) electrons. The minimum absolute atomic E-state index is 0.0378. The van der Waals surface area contributed by atoms with Crippen molar-refractivity contribution in [1.82, 2.24) is 5.32 Å². The summed E-state index contributed by atoms with van der Waals surface area (Å²) in [5, 5.41) is 5.07. The van der Waals surface area contributed by atoms with Crippen molar-refractivity contribution in [3.8, 4) is 5.75 Å². The Morgan fingerprint density at radius 2 is 2.25 bits per heavy atom. The number of halogens is 1. The first-order valence-electron chi connectivity index (χ1n) is 6.33. The van der Waals surface area contributed by atoms with Crippen LogP contribution in [0, 0.1) is 0 Å². The number of carbonyl (C=O) groups excluding carboxylic acids is 1. The van der Waals surface area contributed by atoms with Crippen LogP contribution in [0.1, 0.15) is 34.6 Å². The fourth-order valence-corrected chi connectivity index (χ4v) is 3.15. The fraction of sp³-hybridized carbons (Fsp3) is 0.267. The molecule has 1 heterocycles. The highest BCUT2D eigenvalue weighted by molar-refractivity contribution is 9.10. The van der Waals surface area contributed by atoms with E-state index in [9.17, 15) is 4.79 Å². The highest BCUT2D eigenvalue weighted by atomic mass is 79.9. The van der Waals surface area contributed by atoms with Gasteiger partial charge in [0.25, 0.3) is 5.91 Å². The zero-order valence-electron chi connectivity index (χ0n) is 11.4. The molecule has 0 saturated carbocycles. The maximum atomic E-state index is 12.4. The summed E-state index contributed by atoms with van der Waals surface area (Å²) >= 11 is 5.02. The maximum absolute atomic E-state index is 12.4. The summed E-state index contributed by atoms with van der Waals surface area (Å²) in [6.45, 7) is 2.06. The van der Waals surface area contributed by atoms with E-state index in [-0.39, 0.29) is 11.9 Å². The zero-order chi connectivity index (χ0) is 14.5. The summed E-state index contributed by atoms with van der Waals surface area (Å²) in [5.74, 6) is 0.451. The minimum atomic E-state index is -0.116. The van der Waals surface area contributed by atoms with E-state index in [1.165, 1.54) is 0 Å². The summed E-state index contributed by atoms with van der Waals surface area (Å²) in [7, 11) is 1.56. The third kappa shape index (κ3) is 3.41. The van der Waals surface area contributed by atoms with Crippen LogP contribution in [0.5, 0.6) is 5.75 Å². The molecule has 0 spiro atoms. The van der Waals surface area contributed by atoms with Gasteiger partial charge < -0.3 is 10.1 Å². The minimum Gasteiger partial charge on any atom is -0.496 e. The fourth-order valence-electron chi connectivity index (χ4n) is 1.95. The third-order valence-corrected chi connectivity index (χ3v) is 4.49. The SMILES string of the molecule is CCC(NC(=O)c1ccc(Br)cc1OC)c1cccs1. The van der Waals surface area contributed by atoms with Gasteiger partial charge in [-0.1, -0.05) is 28.9 Å². The molecule has 5 heteroatoms. The Bertz CT molecular complexity index is 584. The van der Waals surface area contributed by atoms with Crippen molar-refractivity contribution in [2.24, 2.45) is 0 Å². The Labute approximate surface area is 131 Å². The molecule has 2 rings (SSSR count). The van der Waals surface area contributed by atoms with Crippen LogP contribution in [0.2, 0.25) is 0 Å². The number of rotatable bonds is 5. The standard InChI is InChI=1S/C15H16BrNO2S/c1-3-12(14-5-4-8-20-14)17-15(18)11-7-6-10(16)9-13(11)19-2/h4-9,12H,3H2,1-2H3,(H,17,18). The van der Waals surface area contributed by atoms with Crippen molar-refractivity contribution in [2.45, 2.75) is 19.4 Å². The van der Waals surface area contributed by atoms with Crippen LogP contribution in [0.4, 0.5) is 0 Å². The predicted molar refractivity (Wildman–Crippen MR) is 85.5 cm³/mol. The second kappa shape index (κ2) is 6.90. The van der Waals surface area contributed by atoms with Crippen molar-refractivity contribution in [3.63, 3.8) is 0 Å². The summed E-state index contributed by atoms with van der Waals surface area (Å²) in [6.07, 6.45) is 0.852. The number of ether oxygens (including phenoxy) is 1. The number of benzene rings is 1. The summed E-state index contributed by atoms with van der Waals surface area (Å²) in [4.78, 5) is 13.6. The number of nitrogens with one attached hydrogen (secondary N) is 1. The highest BCUT2D eigenvalue weighted by Gasteiger charge is 2.18. The Hall–Kier alpha value is -1.33. The van der Waals surface area contributed by atoms with Gasteiger partial charge in [-0.25, -0.2) is 0 Å². The van der Waals surface area contributed by atoms with E-state index in [0.29, 0.717) is 11.3 Å². The molecule has 1 amide bonds. The predicted octanol–water partition coefficient (Wildman–Crippen LogP) is 4.40. The van der Waals surface area contributed by atoms with Gasteiger partial charge in [-0.2, -0.15) is 0 Å². The topological polar surface area (TPSA) is 38.3 Å². The van der Waals surface area contributed by atoms with Gasteiger partial charge in [0.05, 0.1) is 18.7 Å². The molecule has 0 bridgehead atoms. The van der Waals surface area contributed by atoms with Crippen LogP contribution in [0.15, 0.2) is 40.2 Å². The molecule has 106 valence electrons. The van der Waals surface area contributed by atoms with E-state index in [4.69, 9.17) is 4.74 Å². The van der Waals surface area contributed by atoms with Gasteiger partial charge >= 0.3 is 0 Å². The third-order valence-electron chi connectivity index (χ3n) is 3.01. The highest BCUT2D eigenvalue weighted by Crippen LogP contribution is 2.26. The average Bonchev–Trinajstić information content (AvgIpc) is 2.98. The normalized spacial score (nSPS) is 11.9. The molecule has 0 aliphatic rings. The smallest absolute Gasteiger partial charge is 0.255 e. The Balaban J connectivity index is 2.19. The molecule has 0 fully saturated rings. The van der Waals surface area contributed by atoms with Crippen LogP contribution in [-0.2, 0) is 0 Å². The van der Waals surface area contributed by atoms with E-state index in [1.807, 2.05) is 23.6 Å². The molecule has 20 heavy (non-hydrogen) atoms. The van der Waals surface area contributed by atoms with Crippen LogP contribution < -0.4 is 10.1 Å². The van der Waals surface area contributed by atoms with E-state index in [2.05, 4.69) is 28.2 Å². The van der Waals surface area contributed by atoms with Gasteiger partial charge in [-0.05, 0) is 36.1 Å². The molecule has 0 saturated heterocycles. The molecule has 0 aliphatic carbocycles. The van der Waals surface area contributed by atoms with E-state index in [1.54, 1.807) is 30.6 Å². The molecular weight excluding hydrogens is 338 g/mol. The average molecular weight is 354 g/mol. The van der Waals surface area contributed by atoms with Gasteiger partial charge in [0.15, 0.2) is 0 Å². The number of hydrogen-bond acceptors (Lipinski definition) is 3. The molecular formula is C15H16BrNO2S. The molecule has 1 unspecified atom stereocenters. The monoisotopic (exact) mass is 353 g/mol. The lowest BCUT2D eigenvalue weighted by Crippen LogP contribution is -2.28. The maximum Gasteiger partial charge on any atom is 0.255 e. The van der Waals surface area contributed by atoms with Crippen LogP contribution in [0.25, 0.3) is 0 Å². The molecule has 1 atom stereocenters. The molecule has 1 N–H and O–H groups in total. The Morgan fingerprint density at radius 1 is 1.45 bits per heavy atom. The summed E-state index contributed by atoms with van der Waals surface area (Å²) in [6, 6.07) is 9.47. The lowest BCUT2D eigenvalue weighted by atomic mass is 10.1. The van der Waals surface area contributed by atoms with Crippen molar-refractivity contribution in [3.05, 3.63) is 50.6 Å². The second-order valence-corrected chi connectivity index (χ2v) is 6.19. The number of thiophene rings is 1. The quantitative estimate of drug-likeness (QED) is 0.864. The van der Waals surface area contributed by atoms with Gasteiger partial charge in [0, 0.05) is 9.35 Å². The molecule has 1 aromatic carbocycles. The summed E-state index contributed by atoms with van der Waals surface area (Å²) < 4.78 is 6.15. The Kier molecular flexibility index (Phi) is 5.20. The van der Waals surface area contributed by atoms with Gasteiger partial charge in [0.1, 0.15) is 5.75 Å². The molecule has 3 nitrogen and oxygen atoms in total. The van der Waals surface area contributed by atoms with Gasteiger partial charge in [-0.3, -0.25) is 4.79 Å². The molecule has 1 aromatic heterocycles. The summed E-state index contributed by atoms with van der Waals surface area (Å²) in [5.41, 5.74) is 0.547. The molecule has 2 aromatic rings. The first-order valence-corrected chi connectivity index (χ1v) is 8.00. The van der Waals surface area contributed by atoms with Crippen LogP contribution in [0.3, 0.4) is 0 Å². The lowest BCUT2D eigenvalue weighted by Gasteiger charge is -2.16. The van der Waals surface area contributed by atoms with Crippen molar-refractivity contribution in [2.75, 3.05) is 7.11 Å². The number of methoxy groups -OCH3 is 1. The largest absolute Gasteiger partial charge is 0.496 e. The number of amides is 1. The van der Waals surface area contributed by atoms with Gasteiger partial charge in [-0.15, -0.1) is 11.3 Å². The first-order chi connectivity index (χ1) is 9.65. The van der Waals surface area contributed by atoms with E-state index >= 15 is 0 Å². The van der Waals surface area contributed by atoms with Gasteiger partial charge in [0.2, 0.25) is 0 Å².